The van der Waals surface area contributed by atoms with Gasteiger partial charge in [-0.2, -0.15) is 10.5 Å². The molecular weight excluding hydrogens is 231 g/mol. The minimum Gasteiger partial charge on any atom is -0.462 e. The van der Waals surface area contributed by atoms with Crippen molar-refractivity contribution in [3.8, 4) is 12.1 Å². The number of alkyl halides is 1. The first-order valence-electron chi connectivity index (χ1n) is 4.74. The van der Waals surface area contributed by atoms with E-state index in [2.05, 4.69) is 9.47 Å². The zero-order valence-corrected chi connectivity index (χ0v) is 9.23. The maximum Gasteiger partial charge on any atom is 0.355 e. The summed E-state index contributed by atoms with van der Waals surface area (Å²) in [4.78, 5) is 22.3. The molecule has 0 bridgehead atoms. The number of halogens is 1. The molecule has 0 unspecified atom stereocenters. The molecule has 17 heavy (non-hydrogen) atoms. The smallest absolute Gasteiger partial charge is 0.355 e. The normalized spacial score (nSPS) is 9.88. The van der Waals surface area contributed by atoms with E-state index >= 15 is 0 Å². The second-order valence-corrected chi connectivity index (χ2v) is 3.09. The van der Waals surface area contributed by atoms with Crippen LogP contribution >= 0.6 is 0 Å². The van der Waals surface area contributed by atoms with Crippen molar-refractivity contribution in [3.63, 3.8) is 0 Å². The molecule has 0 heterocycles. The summed E-state index contributed by atoms with van der Waals surface area (Å²) < 4.78 is 22.4. The lowest BCUT2D eigenvalue weighted by atomic mass is 10.1. The van der Waals surface area contributed by atoms with Gasteiger partial charge in [0.1, 0.15) is 13.2 Å². The molecule has 0 aromatic heterocycles. The average molecular weight is 242 g/mol. The van der Waals surface area contributed by atoms with Crippen molar-refractivity contribution >= 4 is 11.9 Å². The number of ether oxygens (including phenoxy) is 2. The first-order chi connectivity index (χ1) is 7.96. The third-order valence-corrected chi connectivity index (χ3v) is 1.66. The quantitative estimate of drug-likeness (QED) is 0.384. The van der Waals surface area contributed by atoms with Crippen molar-refractivity contribution in [1.29, 1.82) is 10.5 Å². The summed E-state index contributed by atoms with van der Waals surface area (Å²) >= 11 is 0. The lowest BCUT2D eigenvalue weighted by Crippen LogP contribution is -2.42. The molecule has 0 aromatic rings. The Morgan fingerprint density at radius 2 is 1.47 bits per heavy atom. The molecule has 6 nitrogen and oxygen atoms in total. The van der Waals surface area contributed by atoms with Crippen LogP contribution in [0.1, 0.15) is 19.8 Å². The zero-order chi connectivity index (χ0) is 13.3. The number of nitrogens with zero attached hydrogens (tertiary/aromatic N) is 2. The standard InChI is InChI=1S/C10H11FN2O4/c1-10(11,8(14)16-6-2-4-12)9(15)17-7-3-5-13/h2-3,6-7H2,1H3. The molecule has 0 amide bonds. The molecule has 7 heteroatoms. The van der Waals surface area contributed by atoms with E-state index < -0.39 is 17.6 Å². The van der Waals surface area contributed by atoms with Crippen molar-refractivity contribution in [2.45, 2.75) is 25.4 Å². The van der Waals surface area contributed by atoms with Gasteiger partial charge < -0.3 is 9.47 Å². The molecule has 0 aromatic carbocycles. The fourth-order valence-electron chi connectivity index (χ4n) is 0.733. The monoisotopic (exact) mass is 242 g/mol. The van der Waals surface area contributed by atoms with E-state index in [1.165, 1.54) is 0 Å². The number of hydrogen-bond donors (Lipinski definition) is 0. The Morgan fingerprint density at radius 1 is 1.12 bits per heavy atom. The predicted molar refractivity (Wildman–Crippen MR) is 51.9 cm³/mol. The Kier molecular flexibility index (Phi) is 6.27. The van der Waals surface area contributed by atoms with Gasteiger partial charge >= 0.3 is 11.9 Å². The molecule has 0 N–H and O–H groups in total. The summed E-state index contributed by atoms with van der Waals surface area (Å²) in [5, 5.41) is 16.4. The van der Waals surface area contributed by atoms with Gasteiger partial charge in [-0.25, -0.2) is 14.0 Å². The van der Waals surface area contributed by atoms with Gasteiger partial charge in [0.2, 0.25) is 0 Å². The number of esters is 2. The molecule has 0 aliphatic carbocycles. The summed E-state index contributed by atoms with van der Waals surface area (Å²) in [7, 11) is 0. The van der Waals surface area contributed by atoms with Gasteiger partial charge in [-0.05, 0) is 6.92 Å². The highest BCUT2D eigenvalue weighted by Crippen LogP contribution is 2.15. The molecule has 0 atom stereocenters. The van der Waals surface area contributed by atoms with E-state index in [0.717, 1.165) is 0 Å². The van der Waals surface area contributed by atoms with Crippen LogP contribution in [0.5, 0.6) is 0 Å². The van der Waals surface area contributed by atoms with Crippen LogP contribution in [0.3, 0.4) is 0 Å². The fourth-order valence-corrected chi connectivity index (χ4v) is 0.733. The van der Waals surface area contributed by atoms with Crippen LogP contribution in [0.25, 0.3) is 0 Å². The van der Waals surface area contributed by atoms with Gasteiger partial charge in [-0.1, -0.05) is 0 Å². The molecule has 0 spiro atoms. The first kappa shape index (κ1) is 14.8. The number of carbonyl (C=O) groups is 2. The van der Waals surface area contributed by atoms with Gasteiger partial charge in [-0.15, -0.1) is 0 Å². The summed E-state index contributed by atoms with van der Waals surface area (Å²) in [5.41, 5.74) is -2.93. The Bertz CT molecular complexity index is 333. The molecule has 0 saturated heterocycles. The summed E-state index contributed by atoms with van der Waals surface area (Å²) in [6.45, 7) is 0.122. The fraction of sp³-hybridized carbons (Fsp3) is 0.600. The maximum absolute atomic E-state index is 13.6. The third kappa shape index (κ3) is 4.94. The van der Waals surface area contributed by atoms with Gasteiger partial charge in [0.05, 0.1) is 25.0 Å². The van der Waals surface area contributed by atoms with Crippen LogP contribution in [0.15, 0.2) is 0 Å². The number of carbonyl (C=O) groups excluding carboxylic acids is 2. The van der Waals surface area contributed by atoms with Crippen molar-refractivity contribution in [1.82, 2.24) is 0 Å². The number of nitriles is 2. The summed E-state index contributed by atoms with van der Waals surface area (Å²) in [6, 6.07) is 3.39. The Hall–Kier alpha value is -2.15. The largest absolute Gasteiger partial charge is 0.462 e. The molecular formula is C10H11FN2O4. The van der Waals surface area contributed by atoms with E-state index in [1.54, 1.807) is 12.1 Å². The minimum absolute atomic E-state index is 0.0920. The van der Waals surface area contributed by atoms with E-state index in [9.17, 15) is 14.0 Å². The van der Waals surface area contributed by atoms with Crippen LogP contribution in [0.4, 0.5) is 4.39 Å². The van der Waals surface area contributed by atoms with Crippen molar-refractivity contribution in [2.75, 3.05) is 13.2 Å². The lowest BCUT2D eigenvalue weighted by molar-refractivity contribution is -0.173. The van der Waals surface area contributed by atoms with Crippen molar-refractivity contribution in [3.05, 3.63) is 0 Å². The lowest BCUT2D eigenvalue weighted by Gasteiger charge is -2.16. The van der Waals surface area contributed by atoms with E-state index in [0.29, 0.717) is 6.92 Å². The van der Waals surface area contributed by atoms with Crippen LogP contribution in [-0.2, 0) is 19.1 Å². The number of rotatable bonds is 6. The summed E-state index contributed by atoms with van der Waals surface area (Å²) in [5.74, 6) is -2.82. The molecule has 0 aliphatic rings. The molecule has 0 saturated carbocycles. The molecule has 0 radical (unpaired) electrons. The average Bonchev–Trinajstić information content (AvgIpc) is 2.29. The predicted octanol–water partition coefficient (Wildman–Crippen LogP) is 0.628. The molecule has 0 aliphatic heterocycles. The number of hydrogen-bond acceptors (Lipinski definition) is 6. The van der Waals surface area contributed by atoms with E-state index in [1.807, 2.05) is 0 Å². The second kappa shape index (κ2) is 7.18. The maximum atomic E-state index is 13.6. The molecule has 92 valence electrons. The van der Waals surface area contributed by atoms with Crippen molar-refractivity contribution in [2.24, 2.45) is 0 Å². The zero-order valence-electron chi connectivity index (χ0n) is 9.23. The van der Waals surface area contributed by atoms with E-state index in [4.69, 9.17) is 10.5 Å². The van der Waals surface area contributed by atoms with E-state index in [-0.39, 0.29) is 26.1 Å². The first-order valence-corrected chi connectivity index (χ1v) is 4.74. The SMILES string of the molecule is CC(F)(C(=O)OCCC#N)C(=O)OCCC#N. The van der Waals surface area contributed by atoms with Gasteiger partial charge in [-0.3, -0.25) is 0 Å². The van der Waals surface area contributed by atoms with Gasteiger partial charge in [0.25, 0.3) is 5.67 Å². The Morgan fingerprint density at radius 3 is 1.76 bits per heavy atom. The van der Waals surface area contributed by atoms with Gasteiger partial charge in [0, 0.05) is 0 Å². The Labute approximate surface area is 97.5 Å². The second-order valence-electron chi connectivity index (χ2n) is 3.09. The third-order valence-electron chi connectivity index (χ3n) is 1.66. The highest BCUT2D eigenvalue weighted by molar-refractivity contribution is 6.02. The van der Waals surface area contributed by atoms with Crippen LogP contribution < -0.4 is 0 Å². The molecule has 0 rings (SSSR count). The van der Waals surface area contributed by atoms with Crippen LogP contribution in [-0.4, -0.2) is 30.8 Å². The minimum atomic E-state index is -2.93. The van der Waals surface area contributed by atoms with Crippen molar-refractivity contribution < 1.29 is 23.5 Å². The summed E-state index contributed by atoms with van der Waals surface area (Å²) in [6.07, 6.45) is -0.184. The van der Waals surface area contributed by atoms with Gasteiger partial charge in [0.15, 0.2) is 0 Å². The highest BCUT2D eigenvalue weighted by Gasteiger charge is 2.45. The van der Waals surface area contributed by atoms with Crippen LogP contribution in [0.2, 0.25) is 0 Å². The van der Waals surface area contributed by atoms with Crippen LogP contribution in [0, 0.1) is 22.7 Å². The topological polar surface area (TPSA) is 100 Å². The highest BCUT2D eigenvalue weighted by atomic mass is 19.1. The molecule has 0 fully saturated rings. The Balaban J connectivity index is 4.25.